The first-order valence-corrected chi connectivity index (χ1v) is 6.25. The van der Waals surface area contributed by atoms with Gasteiger partial charge in [0, 0.05) is 12.2 Å². The molecule has 0 amide bonds. The number of thiophene rings is 1. The van der Waals surface area contributed by atoms with Crippen LogP contribution in [0.25, 0.3) is 0 Å². The summed E-state index contributed by atoms with van der Waals surface area (Å²) >= 11 is 1.72. The zero-order valence-electron chi connectivity index (χ0n) is 9.26. The molecular formula is C12H15N3S. The highest BCUT2D eigenvalue weighted by Crippen LogP contribution is 2.15. The predicted octanol–water partition coefficient (Wildman–Crippen LogP) is 2.48. The van der Waals surface area contributed by atoms with Crippen molar-refractivity contribution in [1.82, 2.24) is 9.97 Å². The van der Waals surface area contributed by atoms with Gasteiger partial charge in [0.25, 0.3) is 0 Å². The Hall–Kier alpha value is -1.26. The second kappa shape index (κ2) is 5.18. The van der Waals surface area contributed by atoms with E-state index in [4.69, 9.17) is 5.73 Å². The van der Waals surface area contributed by atoms with Gasteiger partial charge in [-0.2, -0.15) is 11.3 Å². The van der Waals surface area contributed by atoms with Gasteiger partial charge in [-0.25, -0.2) is 0 Å². The third-order valence-electron chi connectivity index (χ3n) is 2.50. The molecule has 84 valence electrons. The third-order valence-corrected chi connectivity index (χ3v) is 3.24. The highest BCUT2D eigenvalue weighted by atomic mass is 32.1. The van der Waals surface area contributed by atoms with Crippen LogP contribution in [0.3, 0.4) is 0 Å². The van der Waals surface area contributed by atoms with Crippen molar-refractivity contribution in [3.8, 4) is 0 Å². The molecule has 2 rings (SSSR count). The van der Waals surface area contributed by atoms with Crippen molar-refractivity contribution in [2.75, 3.05) is 0 Å². The first-order valence-electron chi connectivity index (χ1n) is 5.31. The molecule has 0 fully saturated rings. The number of aromatic nitrogens is 2. The lowest BCUT2D eigenvalue weighted by Gasteiger charge is -2.09. The minimum absolute atomic E-state index is 0.0204. The molecule has 2 heterocycles. The summed E-state index contributed by atoms with van der Waals surface area (Å²) in [6.07, 6.45) is 5.45. The molecule has 0 aromatic carbocycles. The first kappa shape index (κ1) is 11.2. The van der Waals surface area contributed by atoms with Crippen LogP contribution in [-0.2, 0) is 6.42 Å². The highest BCUT2D eigenvalue weighted by Gasteiger charge is 2.08. The Kier molecular flexibility index (Phi) is 3.64. The van der Waals surface area contributed by atoms with E-state index < -0.39 is 0 Å². The van der Waals surface area contributed by atoms with Crippen molar-refractivity contribution >= 4 is 11.3 Å². The zero-order chi connectivity index (χ0) is 11.4. The van der Waals surface area contributed by atoms with Gasteiger partial charge in [0.2, 0.25) is 0 Å². The van der Waals surface area contributed by atoms with E-state index >= 15 is 0 Å². The molecule has 3 nitrogen and oxygen atoms in total. The Morgan fingerprint density at radius 3 is 2.88 bits per heavy atom. The van der Waals surface area contributed by atoms with Gasteiger partial charge in [-0.05, 0) is 42.2 Å². The lowest BCUT2D eigenvalue weighted by atomic mass is 10.1. The fourth-order valence-electron chi connectivity index (χ4n) is 1.50. The van der Waals surface area contributed by atoms with E-state index in [1.807, 2.05) is 6.92 Å². The van der Waals surface area contributed by atoms with Gasteiger partial charge in [0.05, 0.1) is 17.6 Å². The maximum atomic E-state index is 6.06. The SMILES string of the molecule is Cc1cnc(C(N)CCc2ccsc2)cn1. The van der Waals surface area contributed by atoms with Crippen molar-refractivity contribution in [3.63, 3.8) is 0 Å². The van der Waals surface area contributed by atoms with Crippen LogP contribution in [0.15, 0.2) is 29.2 Å². The van der Waals surface area contributed by atoms with Crippen molar-refractivity contribution < 1.29 is 0 Å². The fraction of sp³-hybridized carbons (Fsp3) is 0.333. The summed E-state index contributed by atoms with van der Waals surface area (Å²) in [5.41, 5.74) is 9.21. The average Bonchev–Trinajstić information content (AvgIpc) is 2.80. The van der Waals surface area contributed by atoms with E-state index in [2.05, 4.69) is 26.8 Å². The fourth-order valence-corrected chi connectivity index (χ4v) is 2.20. The molecule has 2 aromatic heterocycles. The molecule has 4 heteroatoms. The van der Waals surface area contributed by atoms with Crippen molar-refractivity contribution in [1.29, 1.82) is 0 Å². The van der Waals surface area contributed by atoms with E-state index in [1.165, 1.54) is 5.56 Å². The van der Waals surface area contributed by atoms with Crippen LogP contribution in [-0.4, -0.2) is 9.97 Å². The standard InChI is InChI=1S/C12H15N3S/c1-9-6-15-12(7-14-9)11(13)3-2-10-4-5-16-8-10/h4-8,11H,2-3,13H2,1H3. The molecule has 1 atom stereocenters. The van der Waals surface area contributed by atoms with Crippen molar-refractivity contribution in [2.45, 2.75) is 25.8 Å². The van der Waals surface area contributed by atoms with E-state index in [-0.39, 0.29) is 6.04 Å². The molecule has 0 spiro atoms. The lowest BCUT2D eigenvalue weighted by Crippen LogP contribution is -2.13. The van der Waals surface area contributed by atoms with Gasteiger partial charge >= 0.3 is 0 Å². The Morgan fingerprint density at radius 1 is 1.38 bits per heavy atom. The van der Waals surface area contributed by atoms with Gasteiger partial charge in [0.1, 0.15) is 0 Å². The lowest BCUT2D eigenvalue weighted by molar-refractivity contribution is 0.630. The summed E-state index contributed by atoms with van der Waals surface area (Å²) in [6.45, 7) is 1.92. The van der Waals surface area contributed by atoms with E-state index in [9.17, 15) is 0 Å². The normalized spacial score (nSPS) is 12.6. The van der Waals surface area contributed by atoms with E-state index in [0.717, 1.165) is 24.2 Å². The summed E-state index contributed by atoms with van der Waals surface area (Å²) in [5, 5.41) is 4.25. The van der Waals surface area contributed by atoms with Gasteiger partial charge in [-0.3, -0.25) is 9.97 Å². The second-order valence-electron chi connectivity index (χ2n) is 3.86. The number of nitrogens with zero attached hydrogens (tertiary/aromatic N) is 2. The van der Waals surface area contributed by atoms with E-state index in [1.54, 1.807) is 23.7 Å². The number of rotatable bonds is 4. The third kappa shape index (κ3) is 2.87. The molecule has 0 aliphatic carbocycles. The Balaban J connectivity index is 1.93. The summed E-state index contributed by atoms with van der Waals surface area (Å²) in [5.74, 6) is 0. The average molecular weight is 233 g/mol. The number of hydrogen-bond donors (Lipinski definition) is 1. The van der Waals surface area contributed by atoms with Crippen LogP contribution in [0.4, 0.5) is 0 Å². The molecule has 0 bridgehead atoms. The Bertz CT molecular complexity index is 422. The van der Waals surface area contributed by atoms with Crippen LogP contribution in [0, 0.1) is 6.92 Å². The van der Waals surface area contributed by atoms with Crippen LogP contribution in [0.2, 0.25) is 0 Å². The summed E-state index contributed by atoms with van der Waals surface area (Å²) in [4.78, 5) is 8.50. The van der Waals surface area contributed by atoms with Gasteiger partial charge in [-0.1, -0.05) is 0 Å². The molecule has 2 N–H and O–H groups in total. The molecule has 1 unspecified atom stereocenters. The van der Waals surface area contributed by atoms with E-state index in [0.29, 0.717) is 0 Å². The van der Waals surface area contributed by atoms with Gasteiger partial charge in [-0.15, -0.1) is 0 Å². The summed E-state index contributed by atoms with van der Waals surface area (Å²) in [6, 6.07) is 2.12. The smallest absolute Gasteiger partial charge is 0.0754 e. The largest absolute Gasteiger partial charge is 0.323 e. The Morgan fingerprint density at radius 2 is 2.25 bits per heavy atom. The van der Waals surface area contributed by atoms with Crippen LogP contribution >= 0.6 is 11.3 Å². The van der Waals surface area contributed by atoms with Crippen molar-refractivity contribution in [3.05, 3.63) is 46.2 Å². The summed E-state index contributed by atoms with van der Waals surface area (Å²) in [7, 11) is 0. The maximum absolute atomic E-state index is 6.06. The van der Waals surface area contributed by atoms with Gasteiger partial charge in [0.15, 0.2) is 0 Å². The summed E-state index contributed by atoms with van der Waals surface area (Å²) < 4.78 is 0. The molecule has 16 heavy (non-hydrogen) atoms. The molecule has 0 aliphatic heterocycles. The van der Waals surface area contributed by atoms with Crippen molar-refractivity contribution in [2.24, 2.45) is 5.73 Å². The second-order valence-corrected chi connectivity index (χ2v) is 4.64. The Labute approximate surface area is 99.4 Å². The minimum Gasteiger partial charge on any atom is -0.323 e. The number of nitrogens with two attached hydrogens (primary N) is 1. The molecule has 2 aromatic rings. The van der Waals surface area contributed by atoms with Crippen LogP contribution in [0.1, 0.15) is 29.4 Å². The number of hydrogen-bond acceptors (Lipinski definition) is 4. The maximum Gasteiger partial charge on any atom is 0.0754 e. The molecule has 0 saturated carbocycles. The molecule has 0 saturated heterocycles. The number of aryl methyl sites for hydroxylation is 2. The highest BCUT2D eigenvalue weighted by molar-refractivity contribution is 7.07. The monoisotopic (exact) mass is 233 g/mol. The quantitative estimate of drug-likeness (QED) is 0.882. The van der Waals surface area contributed by atoms with Crippen LogP contribution in [0.5, 0.6) is 0 Å². The minimum atomic E-state index is -0.0204. The molecule has 0 radical (unpaired) electrons. The van der Waals surface area contributed by atoms with Gasteiger partial charge < -0.3 is 5.73 Å². The molecular weight excluding hydrogens is 218 g/mol. The van der Waals surface area contributed by atoms with Crippen LogP contribution < -0.4 is 5.73 Å². The molecule has 0 aliphatic rings. The topological polar surface area (TPSA) is 51.8 Å². The first-order chi connectivity index (χ1) is 7.75. The zero-order valence-corrected chi connectivity index (χ0v) is 10.1. The predicted molar refractivity (Wildman–Crippen MR) is 66.3 cm³/mol.